The van der Waals surface area contributed by atoms with Crippen LogP contribution in [0.25, 0.3) is 0 Å². The maximum absolute atomic E-state index is 12.5. The van der Waals surface area contributed by atoms with Crippen molar-refractivity contribution in [2.24, 2.45) is 5.92 Å². The first-order valence-corrected chi connectivity index (χ1v) is 10.6. The fourth-order valence-corrected chi connectivity index (χ4v) is 4.30. The smallest absolute Gasteiger partial charge is 0.252 e. The Morgan fingerprint density at radius 1 is 1.22 bits per heavy atom. The van der Waals surface area contributed by atoms with Gasteiger partial charge < -0.3 is 5.32 Å². The fraction of sp³-hybridized carbons (Fsp3) is 0.333. The van der Waals surface area contributed by atoms with Crippen LogP contribution in [0.4, 0.5) is 0 Å². The lowest BCUT2D eigenvalue weighted by atomic mass is 10.2. The van der Waals surface area contributed by atoms with E-state index >= 15 is 0 Å². The van der Waals surface area contributed by atoms with Crippen molar-refractivity contribution in [3.63, 3.8) is 0 Å². The molecule has 2 aromatic rings. The summed E-state index contributed by atoms with van der Waals surface area (Å²) in [5.74, 6) is -0.345. The minimum absolute atomic E-state index is 0.0387. The lowest BCUT2D eigenvalue weighted by Gasteiger charge is -2.13. The van der Waals surface area contributed by atoms with Crippen LogP contribution in [0.3, 0.4) is 0 Å². The Morgan fingerprint density at radius 2 is 1.96 bits per heavy atom. The van der Waals surface area contributed by atoms with Crippen molar-refractivity contribution in [2.45, 2.75) is 25.2 Å². The summed E-state index contributed by atoms with van der Waals surface area (Å²) in [6.45, 7) is 4.38. The first-order chi connectivity index (χ1) is 12.7. The molecule has 1 aromatic carbocycles. The predicted octanol–water partition coefficient (Wildman–Crippen LogP) is 3.30. The Balaban J connectivity index is 2.15. The van der Waals surface area contributed by atoms with Crippen molar-refractivity contribution < 1.29 is 13.2 Å². The number of amides is 1. The summed E-state index contributed by atoms with van der Waals surface area (Å²) in [7, 11) is -3.85. The number of carbonyl (C=O) groups is 1. The first kappa shape index (κ1) is 21.6. The zero-order chi connectivity index (χ0) is 20.0. The number of pyridine rings is 1. The molecule has 27 heavy (non-hydrogen) atoms. The molecule has 1 amide bonds. The molecule has 0 atom stereocenters. The van der Waals surface area contributed by atoms with Gasteiger partial charge in [0.15, 0.2) is 0 Å². The van der Waals surface area contributed by atoms with Gasteiger partial charge in [0.2, 0.25) is 10.0 Å². The van der Waals surface area contributed by atoms with Gasteiger partial charge >= 0.3 is 0 Å². The summed E-state index contributed by atoms with van der Waals surface area (Å²) in [4.78, 5) is 16.3. The number of hydrogen-bond donors (Lipinski definition) is 2. The molecule has 6 nitrogen and oxygen atoms in total. The van der Waals surface area contributed by atoms with Crippen molar-refractivity contribution in [1.29, 1.82) is 0 Å². The number of aromatic nitrogens is 1. The number of rotatable bonds is 8. The zero-order valence-electron chi connectivity index (χ0n) is 15.0. The summed E-state index contributed by atoms with van der Waals surface area (Å²) in [5, 5.41) is 2.77. The quantitative estimate of drug-likeness (QED) is 0.673. The molecule has 0 saturated carbocycles. The average molecular weight is 430 g/mol. The fourth-order valence-electron chi connectivity index (χ4n) is 2.22. The first-order valence-electron chi connectivity index (χ1n) is 8.36. The summed E-state index contributed by atoms with van der Waals surface area (Å²) in [6, 6.07) is 6.18. The van der Waals surface area contributed by atoms with Gasteiger partial charge in [-0.1, -0.05) is 43.1 Å². The Kier molecular flexibility index (Phi) is 7.61. The van der Waals surface area contributed by atoms with Crippen LogP contribution >= 0.6 is 23.2 Å². The molecule has 0 fully saturated rings. The highest BCUT2D eigenvalue weighted by Gasteiger charge is 2.22. The van der Waals surface area contributed by atoms with Crippen LogP contribution in [0.5, 0.6) is 0 Å². The van der Waals surface area contributed by atoms with Crippen LogP contribution in [-0.4, -0.2) is 32.4 Å². The third-order valence-electron chi connectivity index (χ3n) is 3.66. The number of carbonyl (C=O) groups excluding carboxylic acids is 1. The number of benzene rings is 1. The lowest BCUT2D eigenvalue weighted by Crippen LogP contribution is -2.29. The van der Waals surface area contributed by atoms with Crippen molar-refractivity contribution in [1.82, 2.24) is 15.0 Å². The molecular weight excluding hydrogens is 409 g/mol. The highest BCUT2D eigenvalue weighted by molar-refractivity contribution is 7.89. The van der Waals surface area contributed by atoms with E-state index in [1.807, 2.05) is 26.0 Å². The Morgan fingerprint density at radius 3 is 2.59 bits per heavy atom. The topological polar surface area (TPSA) is 88.2 Å². The Bertz CT molecular complexity index is 904. The number of halogens is 2. The van der Waals surface area contributed by atoms with Crippen LogP contribution in [0, 0.1) is 5.92 Å². The van der Waals surface area contributed by atoms with Gasteiger partial charge in [0.1, 0.15) is 4.90 Å². The van der Waals surface area contributed by atoms with Crippen LogP contribution in [0.1, 0.15) is 29.8 Å². The Labute approximate surface area is 169 Å². The van der Waals surface area contributed by atoms with Gasteiger partial charge in [0, 0.05) is 25.5 Å². The highest BCUT2D eigenvalue weighted by Crippen LogP contribution is 2.28. The number of sulfonamides is 1. The van der Waals surface area contributed by atoms with E-state index in [1.54, 1.807) is 12.4 Å². The van der Waals surface area contributed by atoms with Crippen molar-refractivity contribution in [2.75, 3.05) is 13.1 Å². The minimum Gasteiger partial charge on any atom is -0.352 e. The molecule has 9 heteroatoms. The van der Waals surface area contributed by atoms with Crippen molar-refractivity contribution >= 4 is 39.1 Å². The largest absolute Gasteiger partial charge is 0.352 e. The van der Waals surface area contributed by atoms with E-state index in [0.29, 0.717) is 13.0 Å². The molecule has 0 radical (unpaired) electrons. The van der Waals surface area contributed by atoms with E-state index in [-0.39, 0.29) is 33.0 Å². The van der Waals surface area contributed by atoms with Gasteiger partial charge in [-0.05, 0) is 36.1 Å². The molecule has 0 unspecified atom stereocenters. The number of nitrogens with one attached hydrogen (secondary N) is 2. The molecule has 0 saturated heterocycles. The van der Waals surface area contributed by atoms with Gasteiger partial charge in [-0.15, -0.1) is 0 Å². The standard InChI is InChI=1S/C18H21Cl2N3O3S/c1-12(2)10-23-27(25,26)17-8-14(15(19)9-16(17)20)18(24)22-7-5-13-4-3-6-21-11-13/h3-4,6,8-9,11-12,23H,5,7,10H2,1-2H3,(H,22,24). The lowest BCUT2D eigenvalue weighted by molar-refractivity contribution is 0.0954. The van der Waals surface area contributed by atoms with Gasteiger partial charge in [-0.25, -0.2) is 13.1 Å². The molecule has 1 heterocycles. The van der Waals surface area contributed by atoms with Crippen LogP contribution < -0.4 is 10.0 Å². The third-order valence-corrected chi connectivity index (χ3v) is 5.86. The second-order valence-corrected chi connectivity index (χ2v) is 8.93. The second kappa shape index (κ2) is 9.50. The summed E-state index contributed by atoms with van der Waals surface area (Å²) < 4.78 is 27.4. The molecule has 0 aliphatic heterocycles. The van der Waals surface area contributed by atoms with E-state index in [4.69, 9.17) is 23.2 Å². The molecule has 0 spiro atoms. The predicted molar refractivity (Wildman–Crippen MR) is 107 cm³/mol. The van der Waals surface area contributed by atoms with E-state index in [9.17, 15) is 13.2 Å². The van der Waals surface area contributed by atoms with Gasteiger partial charge in [0.25, 0.3) is 5.91 Å². The molecule has 146 valence electrons. The van der Waals surface area contributed by atoms with E-state index in [0.717, 1.165) is 5.56 Å². The van der Waals surface area contributed by atoms with Crippen LogP contribution in [0.15, 0.2) is 41.6 Å². The normalized spacial score (nSPS) is 11.6. The molecule has 0 aliphatic rings. The zero-order valence-corrected chi connectivity index (χ0v) is 17.3. The highest BCUT2D eigenvalue weighted by atomic mass is 35.5. The second-order valence-electron chi connectivity index (χ2n) is 6.38. The summed E-state index contributed by atoms with van der Waals surface area (Å²) in [5.41, 5.74) is 1.03. The molecule has 2 rings (SSSR count). The van der Waals surface area contributed by atoms with Crippen molar-refractivity contribution in [3.05, 3.63) is 57.8 Å². The average Bonchev–Trinajstić information content (AvgIpc) is 2.60. The van der Waals surface area contributed by atoms with Crippen molar-refractivity contribution in [3.8, 4) is 0 Å². The summed E-state index contributed by atoms with van der Waals surface area (Å²) in [6.07, 6.45) is 3.98. The van der Waals surface area contributed by atoms with E-state index < -0.39 is 15.9 Å². The van der Waals surface area contributed by atoms with E-state index in [2.05, 4.69) is 15.0 Å². The van der Waals surface area contributed by atoms with Gasteiger partial charge in [0.05, 0.1) is 15.6 Å². The minimum atomic E-state index is -3.85. The van der Waals surface area contributed by atoms with Crippen LogP contribution in [0.2, 0.25) is 10.0 Å². The number of nitrogens with zero attached hydrogens (tertiary/aromatic N) is 1. The molecule has 0 aliphatic carbocycles. The van der Waals surface area contributed by atoms with Crippen LogP contribution in [-0.2, 0) is 16.4 Å². The molecule has 0 bridgehead atoms. The third kappa shape index (κ3) is 6.17. The summed E-state index contributed by atoms with van der Waals surface area (Å²) >= 11 is 12.1. The maximum atomic E-state index is 12.5. The molecular formula is C18H21Cl2N3O3S. The van der Waals surface area contributed by atoms with Gasteiger partial charge in [-0.3, -0.25) is 9.78 Å². The SMILES string of the molecule is CC(C)CNS(=O)(=O)c1cc(C(=O)NCCc2cccnc2)c(Cl)cc1Cl. The van der Waals surface area contributed by atoms with Gasteiger partial charge in [-0.2, -0.15) is 0 Å². The van der Waals surface area contributed by atoms with E-state index in [1.165, 1.54) is 12.1 Å². The molecule has 1 aromatic heterocycles. The molecule has 2 N–H and O–H groups in total. The Hall–Kier alpha value is -1.67. The maximum Gasteiger partial charge on any atom is 0.252 e. The number of hydrogen-bond acceptors (Lipinski definition) is 4. The monoisotopic (exact) mass is 429 g/mol.